The Labute approximate surface area is 244 Å². The van der Waals surface area contributed by atoms with Gasteiger partial charge in [0.25, 0.3) is 0 Å². The standard InChI is InChI=1S/C32H33N3O7/c1-34(38)31(37)35-19-17-32(18-20-35,30(36)41-21-22-7-5-4-6-8-22)29-33-27(23-9-13-25(39-2)14-10-23)28(42-29)24-11-15-26(40-3)16-12-24/h4-16,38H,17-21H2,1-3H3. The highest BCUT2D eigenvalue weighted by Gasteiger charge is 2.50. The fourth-order valence-corrected chi connectivity index (χ4v) is 5.06. The second-order valence-corrected chi connectivity index (χ2v) is 10.1. The van der Waals surface area contributed by atoms with Crippen LogP contribution in [0.2, 0.25) is 0 Å². The number of carbonyl (C=O) groups is 2. The van der Waals surface area contributed by atoms with E-state index in [1.165, 1.54) is 11.9 Å². The molecule has 1 aliphatic heterocycles. The summed E-state index contributed by atoms with van der Waals surface area (Å²) in [5, 5.41) is 10.2. The summed E-state index contributed by atoms with van der Waals surface area (Å²) in [4.78, 5) is 32.8. The van der Waals surface area contributed by atoms with Gasteiger partial charge in [-0.1, -0.05) is 30.3 Å². The van der Waals surface area contributed by atoms with Crippen molar-refractivity contribution < 1.29 is 33.4 Å². The summed E-state index contributed by atoms with van der Waals surface area (Å²) < 4.78 is 23.0. The van der Waals surface area contributed by atoms with E-state index in [2.05, 4.69) is 0 Å². The molecule has 42 heavy (non-hydrogen) atoms. The summed E-state index contributed by atoms with van der Waals surface area (Å²) in [6.45, 7) is 0.478. The molecule has 1 N–H and O–H groups in total. The first-order chi connectivity index (χ1) is 20.3. The van der Waals surface area contributed by atoms with Gasteiger partial charge in [0.1, 0.15) is 29.2 Å². The number of methoxy groups -OCH3 is 2. The number of likely N-dealkylation sites (tertiary alicyclic amines) is 1. The van der Waals surface area contributed by atoms with Crippen molar-refractivity contribution in [1.82, 2.24) is 14.9 Å². The van der Waals surface area contributed by atoms with Gasteiger partial charge >= 0.3 is 12.0 Å². The first kappa shape index (κ1) is 28.7. The van der Waals surface area contributed by atoms with Gasteiger partial charge < -0.3 is 23.5 Å². The predicted octanol–water partition coefficient (Wildman–Crippen LogP) is 5.54. The SMILES string of the molecule is COc1ccc(-c2nc(C3(C(=O)OCc4ccccc4)CCN(C(=O)N(C)O)CC3)oc2-c2ccc(OC)cc2)cc1. The van der Waals surface area contributed by atoms with Crippen molar-refractivity contribution >= 4 is 12.0 Å². The summed E-state index contributed by atoms with van der Waals surface area (Å²) in [5.74, 6) is 1.60. The summed E-state index contributed by atoms with van der Waals surface area (Å²) in [6, 6.07) is 23.7. The van der Waals surface area contributed by atoms with Crippen molar-refractivity contribution in [2.24, 2.45) is 0 Å². The van der Waals surface area contributed by atoms with Gasteiger partial charge in [0.2, 0.25) is 5.89 Å². The van der Waals surface area contributed by atoms with Crippen LogP contribution in [0.25, 0.3) is 22.6 Å². The van der Waals surface area contributed by atoms with Crippen molar-refractivity contribution in [3.63, 3.8) is 0 Å². The first-order valence-corrected chi connectivity index (χ1v) is 13.6. The van der Waals surface area contributed by atoms with E-state index in [4.69, 9.17) is 23.6 Å². The minimum absolute atomic E-state index is 0.0842. The third-order valence-corrected chi connectivity index (χ3v) is 7.52. The van der Waals surface area contributed by atoms with Gasteiger partial charge in [-0.15, -0.1) is 0 Å². The highest BCUT2D eigenvalue weighted by Crippen LogP contribution is 2.42. The summed E-state index contributed by atoms with van der Waals surface area (Å²) >= 11 is 0. The van der Waals surface area contributed by atoms with Crippen LogP contribution in [0.15, 0.2) is 83.3 Å². The average Bonchev–Trinajstić information content (AvgIpc) is 3.50. The molecule has 3 aromatic carbocycles. The number of hydrogen-bond donors (Lipinski definition) is 1. The summed E-state index contributed by atoms with van der Waals surface area (Å²) in [6.07, 6.45) is 0.398. The predicted molar refractivity (Wildman–Crippen MR) is 154 cm³/mol. The lowest BCUT2D eigenvalue weighted by atomic mass is 9.78. The van der Waals surface area contributed by atoms with Gasteiger partial charge in [0.15, 0.2) is 5.76 Å². The first-order valence-electron chi connectivity index (χ1n) is 13.6. The molecule has 1 saturated heterocycles. The molecule has 2 heterocycles. The molecule has 0 unspecified atom stereocenters. The van der Waals surface area contributed by atoms with E-state index in [-0.39, 0.29) is 38.4 Å². The number of piperidine rings is 1. The Morgan fingerprint density at radius 3 is 2.02 bits per heavy atom. The largest absolute Gasteiger partial charge is 0.497 e. The molecule has 1 aromatic heterocycles. The Hall–Kier alpha value is -4.83. The Morgan fingerprint density at radius 1 is 0.905 bits per heavy atom. The third-order valence-electron chi connectivity index (χ3n) is 7.52. The van der Waals surface area contributed by atoms with Crippen molar-refractivity contribution in [2.75, 3.05) is 34.4 Å². The lowest BCUT2D eigenvalue weighted by Crippen LogP contribution is -2.52. The number of amides is 2. The highest BCUT2D eigenvalue weighted by molar-refractivity contribution is 5.84. The van der Waals surface area contributed by atoms with Crippen LogP contribution in [-0.4, -0.2) is 66.5 Å². The van der Waals surface area contributed by atoms with Crippen molar-refractivity contribution in [1.29, 1.82) is 0 Å². The van der Waals surface area contributed by atoms with Gasteiger partial charge in [-0.05, 0) is 66.9 Å². The highest BCUT2D eigenvalue weighted by atomic mass is 16.5. The van der Waals surface area contributed by atoms with Crippen LogP contribution in [0.5, 0.6) is 11.5 Å². The monoisotopic (exact) mass is 571 g/mol. The number of hydrogen-bond acceptors (Lipinski definition) is 8. The zero-order valence-electron chi connectivity index (χ0n) is 23.8. The number of hydroxylamine groups is 2. The quantitative estimate of drug-likeness (QED) is 0.167. The lowest BCUT2D eigenvalue weighted by Gasteiger charge is -2.38. The van der Waals surface area contributed by atoms with E-state index in [1.807, 2.05) is 78.9 Å². The molecular formula is C32H33N3O7. The smallest absolute Gasteiger partial charge is 0.343 e. The van der Waals surface area contributed by atoms with E-state index in [1.54, 1.807) is 14.2 Å². The molecule has 0 bridgehead atoms. The molecule has 218 valence electrons. The molecule has 0 radical (unpaired) electrons. The third kappa shape index (κ3) is 5.80. The number of oxazole rings is 1. The van der Waals surface area contributed by atoms with E-state index >= 15 is 0 Å². The molecule has 0 atom stereocenters. The fraction of sp³-hybridized carbons (Fsp3) is 0.281. The second kappa shape index (κ2) is 12.4. The van der Waals surface area contributed by atoms with Gasteiger partial charge in [0, 0.05) is 31.3 Å². The number of carbonyl (C=O) groups excluding carboxylic acids is 2. The number of nitrogens with zero attached hydrogens (tertiary/aromatic N) is 3. The zero-order valence-corrected chi connectivity index (χ0v) is 23.8. The topological polar surface area (TPSA) is 115 Å². The van der Waals surface area contributed by atoms with Gasteiger partial charge in [-0.2, -0.15) is 0 Å². The summed E-state index contributed by atoms with van der Waals surface area (Å²) in [5.41, 5.74) is 1.68. The number of esters is 1. The maximum atomic E-state index is 13.9. The number of aromatic nitrogens is 1. The number of rotatable bonds is 8. The fourth-order valence-electron chi connectivity index (χ4n) is 5.06. The van der Waals surface area contributed by atoms with Crippen LogP contribution >= 0.6 is 0 Å². The summed E-state index contributed by atoms with van der Waals surface area (Å²) in [7, 11) is 4.47. The van der Waals surface area contributed by atoms with Crippen molar-refractivity contribution in [3.05, 3.63) is 90.3 Å². The normalized spacial score (nSPS) is 14.2. The van der Waals surface area contributed by atoms with E-state index in [9.17, 15) is 14.8 Å². The molecule has 0 spiro atoms. The Morgan fingerprint density at radius 2 is 1.48 bits per heavy atom. The minimum atomic E-state index is -1.26. The molecular weight excluding hydrogens is 538 g/mol. The number of benzene rings is 3. The van der Waals surface area contributed by atoms with Crippen LogP contribution in [-0.2, 0) is 21.6 Å². The van der Waals surface area contributed by atoms with Crippen molar-refractivity contribution in [3.8, 4) is 34.1 Å². The van der Waals surface area contributed by atoms with Gasteiger partial charge in [-0.3, -0.25) is 10.0 Å². The molecule has 1 aliphatic rings. The van der Waals surface area contributed by atoms with Gasteiger partial charge in [-0.25, -0.2) is 14.8 Å². The molecule has 10 heteroatoms. The lowest BCUT2D eigenvalue weighted by molar-refractivity contribution is -0.155. The molecule has 10 nitrogen and oxygen atoms in total. The van der Waals surface area contributed by atoms with Gasteiger partial charge in [0.05, 0.1) is 14.2 Å². The van der Waals surface area contributed by atoms with Crippen LogP contribution < -0.4 is 9.47 Å². The van der Waals surface area contributed by atoms with Crippen molar-refractivity contribution in [2.45, 2.75) is 24.9 Å². The minimum Gasteiger partial charge on any atom is -0.497 e. The zero-order chi connectivity index (χ0) is 29.7. The number of ether oxygens (including phenoxy) is 3. The molecule has 0 aliphatic carbocycles. The maximum Gasteiger partial charge on any atom is 0.343 e. The van der Waals surface area contributed by atoms with E-state index in [0.29, 0.717) is 28.0 Å². The molecule has 0 saturated carbocycles. The van der Waals surface area contributed by atoms with Crippen LogP contribution in [0, 0.1) is 0 Å². The van der Waals surface area contributed by atoms with Crippen LogP contribution in [0.3, 0.4) is 0 Å². The van der Waals surface area contributed by atoms with E-state index in [0.717, 1.165) is 16.7 Å². The molecule has 2 amide bonds. The maximum absolute atomic E-state index is 13.9. The second-order valence-electron chi connectivity index (χ2n) is 10.1. The average molecular weight is 572 g/mol. The Balaban J connectivity index is 1.57. The molecule has 1 fully saturated rings. The molecule has 4 aromatic rings. The Kier molecular flexibility index (Phi) is 8.44. The van der Waals surface area contributed by atoms with E-state index < -0.39 is 17.4 Å². The molecule has 5 rings (SSSR count). The number of urea groups is 1. The Bertz CT molecular complexity index is 1440. The van der Waals surface area contributed by atoms with Crippen LogP contribution in [0.4, 0.5) is 4.79 Å². The van der Waals surface area contributed by atoms with Crippen LogP contribution in [0.1, 0.15) is 24.3 Å².